The molecule has 0 spiro atoms. The van der Waals surface area contributed by atoms with Crippen molar-refractivity contribution in [1.29, 1.82) is 0 Å². The molecule has 0 saturated heterocycles. The molecule has 0 aliphatic heterocycles. The van der Waals surface area contributed by atoms with Crippen molar-refractivity contribution < 1.29 is 9.53 Å². The molecule has 1 amide bonds. The molecule has 0 saturated carbocycles. The fourth-order valence-corrected chi connectivity index (χ4v) is 2.44. The van der Waals surface area contributed by atoms with Gasteiger partial charge in [-0.05, 0) is 47.2 Å². The highest BCUT2D eigenvalue weighted by atomic mass is 127. The van der Waals surface area contributed by atoms with Crippen LogP contribution < -0.4 is 0 Å². The summed E-state index contributed by atoms with van der Waals surface area (Å²) in [5.41, 5.74) is 0.667. The molecule has 3 nitrogen and oxygen atoms in total. The number of hydrogen-bond acceptors (Lipinski definition) is 2. The average Bonchev–Trinajstić information content (AvgIpc) is 2.41. The minimum atomic E-state index is 0.0254. The topological polar surface area (TPSA) is 29.5 Å². The van der Waals surface area contributed by atoms with Gasteiger partial charge in [-0.3, -0.25) is 4.79 Å². The van der Waals surface area contributed by atoms with E-state index in [0.29, 0.717) is 23.7 Å². The third kappa shape index (κ3) is 5.28. The predicted octanol–water partition coefficient (Wildman–Crippen LogP) is 3.83. The lowest BCUT2D eigenvalue weighted by Crippen LogP contribution is -2.35. The molecule has 5 heteroatoms. The first kappa shape index (κ1) is 16.7. The molecule has 0 heterocycles. The molecule has 106 valence electrons. The molecule has 0 atom stereocenters. The number of hydrogen-bond donors (Lipinski definition) is 0. The van der Waals surface area contributed by atoms with Crippen molar-refractivity contribution in [1.82, 2.24) is 4.90 Å². The lowest BCUT2D eigenvalue weighted by Gasteiger charge is -2.23. The van der Waals surface area contributed by atoms with Crippen LogP contribution >= 0.6 is 34.2 Å². The molecule has 0 aliphatic carbocycles. The fraction of sp³-hybridized carbons (Fsp3) is 0.500. The monoisotopic (exact) mass is 395 g/mol. The van der Waals surface area contributed by atoms with Gasteiger partial charge in [-0.1, -0.05) is 24.9 Å². The van der Waals surface area contributed by atoms with E-state index in [4.69, 9.17) is 16.3 Å². The summed E-state index contributed by atoms with van der Waals surface area (Å²) in [6, 6.07) is 5.40. The summed E-state index contributed by atoms with van der Waals surface area (Å²) in [4.78, 5) is 14.4. The number of halogens is 2. The normalized spacial score (nSPS) is 10.5. The Balaban J connectivity index is 2.87. The summed E-state index contributed by atoms with van der Waals surface area (Å²) in [7, 11) is 1.64. The first-order valence-electron chi connectivity index (χ1n) is 6.33. The minimum Gasteiger partial charge on any atom is -0.383 e. The SMILES string of the molecule is CCCCN(CCOC)C(=O)c1cc(Cl)ccc1I. The summed E-state index contributed by atoms with van der Waals surface area (Å²) in [5.74, 6) is 0.0254. The number of benzene rings is 1. The van der Waals surface area contributed by atoms with E-state index >= 15 is 0 Å². The van der Waals surface area contributed by atoms with Crippen molar-refractivity contribution in [3.05, 3.63) is 32.4 Å². The highest BCUT2D eigenvalue weighted by molar-refractivity contribution is 14.1. The van der Waals surface area contributed by atoms with Crippen molar-refractivity contribution in [3.63, 3.8) is 0 Å². The number of rotatable bonds is 7. The van der Waals surface area contributed by atoms with Crippen LogP contribution in [0.1, 0.15) is 30.1 Å². The molecule has 0 unspecified atom stereocenters. The zero-order valence-corrected chi connectivity index (χ0v) is 14.2. The average molecular weight is 396 g/mol. The number of carbonyl (C=O) groups excluding carboxylic acids is 1. The van der Waals surface area contributed by atoms with Crippen LogP contribution in [0.15, 0.2) is 18.2 Å². The molecular weight excluding hydrogens is 377 g/mol. The second kappa shape index (κ2) is 8.76. The molecule has 1 aromatic rings. The quantitative estimate of drug-likeness (QED) is 0.657. The lowest BCUT2D eigenvalue weighted by atomic mass is 10.2. The summed E-state index contributed by atoms with van der Waals surface area (Å²) in [6.07, 6.45) is 2.05. The largest absolute Gasteiger partial charge is 0.383 e. The van der Waals surface area contributed by atoms with E-state index in [1.165, 1.54) is 0 Å². The van der Waals surface area contributed by atoms with Crippen LogP contribution in [0, 0.1) is 3.57 Å². The number of nitrogens with zero attached hydrogens (tertiary/aromatic N) is 1. The molecule has 0 N–H and O–H groups in total. The van der Waals surface area contributed by atoms with Gasteiger partial charge in [0.15, 0.2) is 0 Å². The zero-order valence-electron chi connectivity index (χ0n) is 11.3. The fourth-order valence-electron chi connectivity index (χ4n) is 1.70. The van der Waals surface area contributed by atoms with E-state index < -0.39 is 0 Å². The van der Waals surface area contributed by atoms with E-state index in [2.05, 4.69) is 29.5 Å². The highest BCUT2D eigenvalue weighted by Gasteiger charge is 2.17. The van der Waals surface area contributed by atoms with Gasteiger partial charge in [-0.15, -0.1) is 0 Å². The molecule has 0 fully saturated rings. The van der Waals surface area contributed by atoms with Gasteiger partial charge in [0.25, 0.3) is 5.91 Å². The summed E-state index contributed by atoms with van der Waals surface area (Å²) in [5, 5.41) is 0.589. The second-order valence-corrected chi connectivity index (χ2v) is 5.86. The molecule has 19 heavy (non-hydrogen) atoms. The Morgan fingerprint density at radius 2 is 2.16 bits per heavy atom. The molecule has 1 aromatic carbocycles. The second-order valence-electron chi connectivity index (χ2n) is 4.26. The van der Waals surface area contributed by atoms with Crippen LogP contribution in [0.5, 0.6) is 0 Å². The Hall–Kier alpha value is -0.330. The van der Waals surface area contributed by atoms with Gasteiger partial charge in [-0.2, -0.15) is 0 Å². The maximum Gasteiger partial charge on any atom is 0.255 e. The van der Waals surface area contributed by atoms with Crippen LogP contribution in [0.25, 0.3) is 0 Å². The smallest absolute Gasteiger partial charge is 0.255 e. The Morgan fingerprint density at radius 3 is 2.79 bits per heavy atom. The molecule has 0 aliphatic rings. The van der Waals surface area contributed by atoms with Crippen molar-refractivity contribution in [3.8, 4) is 0 Å². The van der Waals surface area contributed by atoms with Gasteiger partial charge in [0.05, 0.1) is 12.2 Å². The first-order valence-corrected chi connectivity index (χ1v) is 7.79. The van der Waals surface area contributed by atoms with Crippen molar-refractivity contribution in [2.75, 3.05) is 26.8 Å². The third-order valence-corrected chi connectivity index (χ3v) is 3.97. The number of unbranched alkanes of at least 4 members (excludes halogenated alkanes) is 1. The van der Waals surface area contributed by atoms with E-state index in [1.54, 1.807) is 19.2 Å². The maximum atomic E-state index is 12.5. The van der Waals surface area contributed by atoms with Gasteiger partial charge < -0.3 is 9.64 Å². The highest BCUT2D eigenvalue weighted by Crippen LogP contribution is 2.19. The molecule has 1 rings (SSSR count). The van der Waals surface area contributed by atoms with Crippen molar-refractivity contribution >= 4 is 40.1 Å². The van der Waals surface area contributed by atoms with Gasteiger partial charge in [0.2, 0.25) is 0 Å². The van der Waals surface area contributed by atoms with Gasteiger partial charge in [0.1, 0.15) is 0 Å². The van der Waals surface area contributed by atoms with E-state index in [9.17, 15) is 4.79 Å². The van der Waals surface area contributed by atoms with Gasteiger partial charge in [-0.25, -0.2) is 0 Å². The lowest BCUT2D eigenvalue weighted by molar-refractivity contribution is 0.0692. The summed E-state index contributed by atoms with van der Waals surface area (Å²) < 4.78 is 5.99. The van der Waals surface area contributed by atoms with Crippen molar-refractivity contribution in [2.24, 2.45) is 0 Å². The third-order valence-electron chi connectivity index (χ3n) is 2.79. The Labute approximate surface area is 133 Å². The van der Waals surface area contributed by atoms with E-state index in [0.717, 1.165) is 23.0 Å². The molecule has 0 aromatic heterocycles. The van der Waals surface area contributed by atoms with Crippen LogP contribution in [0.2, 0.25) is 5.02 Å². The molecular formula is C14H19ClINO2. The van der Waals surface area contributed by atoms with Crippen molar-refractivity contribution in [2.45, 2.75) is 19.8 Å². The Kier molecular flexibility index (Phi) is 7.71. The van der Waals surface area contributed by atoms with Crippen LogP contribution in [0.4, 0.5) is 0 Å². The number of methoxy groups -OCH3 is 1. The Morgan fingerprint density at radius 1 is 1.42 bits per heavy atom. The molecule has 0 radical (unpaired) electrons. The minimum absolute atomic E-state index is 0.0254. The number of amides is 1. The summed E-state index contributed by atoms with van der Waals surface area (Å²) >= 11 is 8.14. The van der Waals surface area contributed by atoms with Gasteiger partial charge >= 0.3 is 0 Å². The number of carbonyl (C=O) groups is 1. The Bertz CT molecular complexity index is 418. The summed E-state index contributed by atoms with van der Waals surface area (Å²) in [6.45, 7) is 4.02. The zero-order chi connectivity index (χ0) is 14.3. The maximum absolute atomic E-state index is 12.5. The standard InChI is InChI=1S/C14H19ClINO2/c1-3-4-7-17(8-9-19-2)14(18)12-10-11(15)5-6-13(12)16/h5-6,10H,3-4,7-9H2,1-2H3. The first-order chi connectivity index (χ1) is 9.10. The van der Waals surface area contributed by atoms with Gasteiger partial charge in [0, 0.05) is 28.8 Å². The van der Waals surface area contributed by atoms with E-state index in [1.807, 2.05) is 11.0 Å². The van der Waals surface area contributed by atoms with Crippen LogP contribution in [-0.4, -0.2) is 37.6 Å². The van der Waals surface area contributed by atoms with Crippen LogP contribution in [0.3, 0.4) is 0 Å². The number of ether oxygens (including phenoxy) is 1. The predicted molar refractivity (Wildman–Crippen MR) is 86.9 cm³/mol. The van der Waals surface area contributed by atoms with E-state index in [-0.39, 0.29) is 5.91 Å². The molecule has 0 bridgehead atoms. The van der Waals surface area contributed by atoms with Crippen LogP contribution in [-0.2, 0) is 4.74 Å².